The van der Waals surface area contributed by atoms with Crippen LogP contribution in [-0.2, 0) is 26.1 Å². The molecule has 2 aromatic heterocycles. The Morgan fingerprint density at radius 2 is 1.90 bits per heavy atom. The van der Waals surface area contributed by atoms with Crippen molar-refractivity contribution in [2.45, 2.75) is 38.9 Å². The standard InChI is InChI=1S/C21H24F2N6O/c22-20(23)13-28-14-24-19-11-16(3-4-18(19)21(28)30)27-8-6-26(7-9-27)12-15-10-17-2-1-5-29(17)25-15/h3-4,10-11,14,20H,1-2,5-9,12-13H2. The summed E-state index contributed by atoms with van der Waals surface area (Å²) >= 11 is 0. The van der Waals surface area contributed by atoms with Gasteiger partial charge in [-0.15, -0.1) is 0 Å². The molecule has 1 aromatic carbocycles. The molecule has 158 valence electrons. The fourth-order valence-corrected chi connectivity index (χ4v) is 4.41. The zero-order valence-electron chi connectivity index (χ0n) is 16.7. The van der Waals surface area contributed by atoms with E-state index in [0.29, 0.717) is 10.9 Å². The van der Waals surface area contributed by atoms with Gasteiger partial charge in [0.05, 0.1) is 29.5 Å². The zero-order chi connectivity index (χ0) is 20.7. The van der Waals surface area contributed by atoms with Crippen LogP contribution in [0.1, 0.15) is 17.8 Å². The van der Waals surface area contributed by atoms with E-state index in [-0.39, 0.29) is 0 Å². The lowest BCUT2D eigenvalue weighted by atomic mass is 10.2. The molecule has 9 heteroatoms. The van der Waals surface area contributed by atoms with Gasteiger partial charge in [-0.05, 0) is 37.1 Å². The number of rotatable bonds is 5. The summed E-state index contributed by atoms with van der Waals surface area (Å²) in [5.74, 6) is 0. The van der Waals surface area contributed by atoms with E-state index in [0.717, 1.165) is 61.6 Å². The van der Waals surface area contributed by atoms with Crippen molar-refractivity contribution >= 4 is 16.6 Å². The maximum atomic E-state index is 12.6. The van der Waals surface area contributed by atoms with Crippen LogP contribution in [0.2, 0.25) is 0 Å². The van der Waals surface area contributed by atoms with Crippen LogP contribution in [0.3, 0.4) is 0 Å². The van der Waals surface area contributed by atoms with E-state index < -0.39 is 18.5 Å². The SMILES string of the molecule is O=c1c2ccc(N3CCN(Cc4cc5n(n4)CCC5)CC3)cc2ncn1CC(F)F. The topological polar surface area (TPSA) is 59.2 Å². The molecule has 1 saturated heterocycles. The van der Waals surface area contributed by atoms with Crippen molar-refractivity contribution in [3.63, 3.8) is 0 Å². The molecular formula is C21H24F2N6O. The number of hydrogen-bond donors (Lipinski definition) is 0. The number of nitrogens with zero attached hydrogens (tertiary/aromatic N) is 6. The van der Waals surface area contributed by atoms with Crippen LogP contribution in [0.5, 0.6) is 0 Å². The third-order valence-electron chi connectivity index (χ3n) is 5.98. The van der Waals surface area contributed by atoms with Crippen molar-refractivity contribution in [1.82, 2.24) is 24.2 Å². The van der Waals surface area contributed by atoms with Crippen LogP contribution in [0, 0.1) is 0 Å². The molecule has 4 heterocycles. The van der Waals surface area contributed by atoms with Crippen molar-refractivity contribution in [3.05, 3.63) is 52.3 Å². The van der Waals surface area contributed by atoms with E-state index in [1.807, 2.05) is 12.1 Å². The molecule has 0 saturated carbocycles. The van der Waals surface area contributed by atoms with Gasteiger partial charge in [-0.3, -0.25) is 18.9 Å². The van der Waals surface area contributed by atoms with Gasteiger partial charge in [0, 0.05) is 50.6 Å². The summed E-state index contributed by atoms with van der Waals surface area (Å²) in [6, 6.07) is 7.68. The number of anilines is 1. The van der Waals surface area contributed by atoms with E-state index in [1.54, 1.807) is 6.07 Å². The Morgan fingerprint density at radius 3 is 2.67 bits per heavy atom. The average molecular weight is 414 g/mol. The molecule has 0 radical (unpaired) electrons. The normalized spacial score (nSPS) is 17.2. The Labute approximate surface area is 172 Å². The van der Waals surface area contributed by atoms with Crippen LogP contribution in [0.15, 0.2) is 35.4 Å². The first-order chi connectivity index (χ1) is 14.6. The lowest BCUT2D eigenvalue weighted by Gasteiger charge is -2.35. The van der Waals surface area contributed by atoms with Crippen LogP contribution < -0.4 is 10.5 Å². The van der Waals surface area contributed by atoms with Gasteiger partial charge in [-0.25, -0.2) is 13.8 Å². The second-order valence-corrected chi connectivity index (χ2v) is 8.01. The predicted molar refractivity (Wildman–Crippen MR) is 110 cm³/mol. The molecule has 0 bridgehead atoms. The minimum absolute atomic E-state index is 0.369. The summed E-state index contributed by atoms with van der Waals surface area (Å²) in [6.45, 7) is 4.89. The molecule has 0 atom stereocenters. The van der Waals surface area contributed by atoms with Crippen LogP contribution in [-0.4, -0.2) is 56.8 Å². The molecule has 0 amide bonds. The number of piperazine rings is 1. The smallest absolute Gasteiger partial charge is 0.261 e. The second kappa shape index (κ2) is 7.79. The van der Waals surface area contributed by atoms with Gasteiger partial charge in [0.2, 0.25) is 0 Å². The van der Waals surface area contributed by atoms with Gasteiger partial charge in [-0.2, -0.15) is 5.10 Å². The summed E-state index contributed by atoms with van der Waals surface area (Å²) < 4.78 is 28.3. The summed E-state index contributed by atoms with van der Waals surface area (Å²) in [6.07, 6.45) is 0.952. The number of aryl methyl sites for hydroxylation is 2. The van der Waals surface area contributed by atoms with Gasteiger partial charge in [0.15, 0.2) is 0 Å². The molecule has 2 aliphatic rings. The molecule has 1 fully saturated rings. The number of aromatic nitrogens is 4. The van der Waals surface area contributed by atoms with Crippen LogP contribution >= 0.6 is 0 Å². The number of halogens is 2. The summed E-state index contributed by atoms with van der Waals surface area (Å²) in [5, 5.41) is 5.07. The van der Waals surface area contributed by atoms with E-state index in [9.17, 15) is 13.6 Å². The predicted octanol–water partition coefficient (Wildman–Crippen LogP) is 2.13. The Hall–Kier alpha value is -2.81. The Kier molecular flexibility index (Phi) is 4.98. The largest absolute Gasteiger partial charge is 0.369 e. The minimum Gasteiger partial charge on any atom is -0.369 e. The van der Waals surface area contributed by atoms with Crippen molar-refractivity contribution < 1.29 is 8.78 Å². The van der Waals surface area contributed by atoms with E-state index >= 15 is 0 Å². The van der Waals surface area contributed by atoms with E-state index in [4.69, 9.17) is 5.10 Å². The van der Waals surface area contributed by atoms with Crippen molar-refractivity contribution in [1.29, 1.82) is 0 Å². The first kappa shape index (κ1) is 19.2. The van der Waals surface area contributed by atoms with Crippen LogP contribution in [0.25, 0.3) is 10.9 Å². The summed E-state index contributed by atoms with van der Waals surface area (Å²) in [5.41, 5.74) is 3.61. The van der Waals surface area contributed by atoms with Gasteiger partial charge < -0.3 is 4.90 Å². The maximum absolute atomic E-state index is 12.6. The Bertz CT molecular complexity index is 1090. The van der Waals surface area contributed by atoms with Gasteiger partial charge in [0.1, 0.15) is 0 Å². The molecular weight excluding hydrogens is 390 g/mol. The molecule has 5 rings (SSSR count). The quantitative estimate of drug-likeness (QED) is 0.640. The highest BCUT2D eigenvalue weighted by molar-refractivity contribution is 5.81. The average Bonchev–Trinajstić information content (AvgIpc) is 3.32. The molecule has 0 spiro atoms. The van der Waals surface area contributed by atoms with Gasteiger partial charge >= 0.3 is 0 Å². The summed E-state index contributed by atoms with van der Waals surface area (Å²) in [7, 11) is 0. The fourth-order valence-electron chi connectivity index (χ4n) is 4.41. The van der Waals surface area contributed by atoms with Gasteiger partial charge in [0.25, 0.3) is 12.0 Å². The van der Waals surface area contributed by atoms with E-state index in [2.05, 4.69) is 25.5 Å². The van der Waals surface area contributed by atoms with Crippen molar-refractivity contribution in [2.24, 2.45) is 0 Å². The number of alkyl halides is 2. The zero-order valence-corrected chi connectivity index (χ0v) is 16.7. The first-order valence-electron chi connectivity index (χ1n) is 10.4. The highest BCUT2D eigenvalue weighted by atomic mass is 19.3. The Morgan fingerprint density at radius 1 is 1.07 bits per heavy atom. The lowest BCUT2D eigenvalue weighted by Crippen LogP contribution is -2.46. The third-order valence-corrected chi connectivity index (χ3v) is 5.98. The molecule has 0 aliphatic carbocycles. The number of fused-ring (bicyclic) bond motifs is 2. The maximum Gasteiger partial charge on any atom is 0.261 e. The first-order valence-corrected chi connectivity index (χ1v) is 10.4. The highest BCUT2D eigenvalue weighted by Gasteiger charge is 2.20. The highest BCUT2D eigenvalue weighted by Crippen LogP contribution is 2.22. The Balaban J connectivity index is 1.25. The number of hydrogen-bond acceptors (Lipinski definition) is 5. The number of benzene rings is 1. The van der Waals surface area contributed by atoms with E-state index in [1.165, 1.54) is 18.4 Å². The molecule has 2 aliphatic heterocycles. The molecule has 30 heavy (non-hydrogen) atoms. The van der Waals surface area contributed by atoms with Crippen molar-refractivity contribution in [3.8, 4) is 0 Å². The lowest BCUT2D eigenvalue weighted by molar-refractivity contribution is 0.125. The van der Waals surface area contributed by atoms with Crippen molar-refractivity contribution in [2.75, 3.05) is 31.1 Å². The second-order valence-electron chi connectivity index (χ2n) is 8.01. The monoisotopic (exact) mass is 414 g/mol. The molecule has 0 N–H and O–H groups in total. The third kappa shape index (κ3) is 3.69. The van der Waals surface area contributed by atoms with Crippen LogP contribution in [0.4, 0.5) is 14.5 Å². The molecule has 7 nitrogen and oxygen atoms in total. The molecule has 0 unspecified atom stereocenters. The fraction of sp³-hybridized carbons (Fsp3) is 0.476. The van der Waals surface area contributed by atoms with Gasteiger partial charge in [-0.1, -0.05) is 0 Å². The summed E-state index contributed by atoms with van der Waals surface area (Å²) in [4.78, 5) is 21.3. The molecule has 3 aromatic rings. The minimum atomic E-state index is -2.58.